The number of aromatic nitrogens is 8. The normalized spacial score (nSPS) is 11.1. The van der Waals surface area contributed by atoms with E-state index in [2.05, 4.69) is 429 Å². The number of hydrogen-bond acceptors (Lipinski definition) is 17. The third kappa shape index (κ3) is 41.9. The number of nitrogens with two attached hydrogens (primary N) is 1. The molecule has 0 atom stereocenters. The van der Waals surface area contributed by atoms with E-state index in [0.29, 0.717) is 41.5 Å². The minimum absolute atomic E-state index is 0. The number of terminal acetylenes is 2. The predicted molar refractivity (Wildman–Crippen MR) is 479 cm³/mol. The van der Waals surface area contributed by atoms with Gasteiger partial charge in [-0.1, -0.05) is 7.43 Å². The largest absolute Gasteiger partial charge is 0.396 e. The Kier molecular flexibility index (Phi) is 45.6. The van der Waals surface area contributed by atoms with Gasteiger partial charge in [0.1, 0.15) is 35.1 Å². The molecule has 2 saturated carbocycles. The minimum atomic E-state index is -0.501. The van der Waals surface area contributed by atoms with E-state index < -0.39 is 4.92 Å². The Bertz CT molecular complexity index is 6820. The highest BCUT2D eigenvalue weighted by Crippen LogP contribution is 2.30. The van der Waals surface area contributed by atoms with Crippen LogP contribution in [0, 0.1) is 390 Å². The molecular weight excluding hydrogens is 1490 g/mol. The summed E-state index contributed by atoms with van der Waals surface area (Å²) in [6.07, 6.45) is 28.0. The van der Waals surface area contributed by atoms with Gasteiger partial charge in [0.15, 0.2) is 11.6 Å². The van der Waals surface area contributed by atoms with Gasteiger partial charge >= 0.3 is 5.69 Å². The topological polar surface area (TPSA) is 244 Å². The summed E-state index contributed by atoms with van der Waals surface area (Å²) in [7, 11) is 3.72. The molecule has 8 N–H and O–H groups in total. The van der Waals surface area contributed by atoms with Crippen LogP contribution in [0.25, 0.3) is 21.8 Å². The molecule has 0 spiro atoms. The van der Waals surface area contributed by atoms with E-state index in [0.717, 1.165) is 110 Å². The molecule has 560 valence electrons. The van der Waals surface area contributed by atoms with Crippen molar-refractivity contribution in [3.63, 3.8) is 0 Å². The second kappa shape index (κ2) is 60.5. The summed E-state index contributed by atoms with van der Waals surface area (Å²) in [5, 5.41) is 32.7. The van der Waals surface area contributed by atoms with Gasteiger partial charge in [0, 0.05) is 323 Å². The fourth-order valence-electron chi connectivity index (χ4n) is 9.29. The lowest BCUT2D eigenvalue weighted by Crippen LogP contribution is -2.29. The Balaban J connectivity index is 0.000000360. The molecule has 6 heterocycles. The number of hydrogen-bond donors (Lipinski definition) is 7. The third-order valence-corrected chi connectivity index (χ3v) is 14.4. The first-order chi connectivity index (χ1) is 59.2. The summed E-state index contributed by atoms with van der Waals surface area (Å²) < 4.78 is 0. The second-order valence-corrected chi connectivity index (χ2v) is 22.2. The average Bonchev–Trinajstić information content (AvgIpc) is 0.820. The number of pyridine rings is 4. The molecule has 0 bridgehead atoms. The van der Waals surface area contributed by atoms with E-state index in [1.807, 2.05) is 38.4 Å². The first-order valence-electron chi connectivity index (χ1n) is 35.1. The standard InChI is InChI=1S/C62H2.C20H24N8O2.C20H26N8.CH4/c1-3-5-7-9-11-13-15-17-19-21-23-25-27-29-31-33-35-37-39-41-43-45-47-49-51-53-55-57-59-61-62-60-58-56-54-52-50-48-46-44-42-40-38-36-34-32-30-28-26-24-22-20-18-16-14-12-10-8-6-4-2;1-21-19-18-14(8-9-22-19)4-7-17(27-18)26-15-5-2-13(3-6-15)10-23-20-24-11-16(12-25-20)28(29)30;1-22-19-18-14(8-9-23-19)4-7-17(28-18)27-16-5-2-13(3-6-16)10-24-20-25-11-15(21)12-26-20;/h1-2H;4,7-9,11-13,15H,2-3,5-6,10H2,1H3,(H,21,22)(H,26,27)(H,23,24,25);4,7-9,11-13,16H,2-3,5-6,10,21H2,1H3,(H,22,23)(H,27,28)(H,24,25,26);1H4. The molecule has 0 aliphatic heterocycles. The maximum absolute atomic E-state index is 10.7. The van der Waals surface area contributed by atoms with Crippen molar-refractivity contribution < 1.29 is 4.92 Å². The lowest BCUT2D eigenvalue weighted by atomic mass is 9.86. The van der Waals surface area contributed by atoms with Crippen LogP contribution in [0.3, 0.4) is 0 Å². The van der Waals surface area contributed by atoms with Gasteiger partial charge in [-0.3, -0.25) is 10.1 Å². The number of nitrogens with one attached hydrogen (secondary N) is 6. The summed E-state index contributed by atoms with van der Waals surface area (Å²) in [6.45, 7) is 1.65. The molecule has 18 nitrogen and oxygen atoms in total. The highest BCUT2D eigenvalue weighted by molar-refractivity contribution is 5.90. The van der Waals surface area contributed by atoms with Crippen molar-refractivity contribution in [1.29, 1.82) is 0 Å². The number of rotatable bonds is 13. The lowest BCUT2D eigenvalue weighted by Gasteiger charge is -2.29. The van der Waals surface area contributed by atoms with E-state index in [1.54, 1.807) is 24.8 Å². The highest BCUT2D eigenvalue weighted by atomic mass is 16.6. The fraction of sp³-hybridized carbons (Fsp3) is 0.165. The SMILES string of the molecule is C.C#CC#CC#CC#CC#CC#CC#CC#CC#CC#CC#CC#CC#CC#CC#CC#CC#CC#CC#CC#CC#CC#CC#CC#CC#CC#CC#CC#CC#CC#CC#C.CNc1nccc2ccc(NC3CCC(CNc4ncc(N)cn4)CC3)nc12.CNc1nccc2ccc(NC3CCC(CNc4ncc([N+](=O)[O-])cn4)CC3)nc12. The molecule has 0 aromatic carbocycles. The van der Waals surface area contributed by atoms with Crippen molar-refractivity contribution in [1.82, 2.24) is 39.9 Å². The van der Waals surface area contributed by atoms with Crippen molar-refractivity contribution >= 4 is 68.3 Å². The molecule has 121 heavy (non-hydrogen) atoms. The van der Waals surface area contributed by atoms with Gasteiger partial charge in [-0.2, -0.15) is 0 Å². The van der Waals surface area contributed by atoms with Crippen molar-refractivity contribution in [2.75, 3.05) is 64.8 Å². The van der Waals surface area contributed by atoms with Crippen LogP contribution < -0.4 is 37.6 Å². The quantitative estimate of drug-likeness (QED) is 0.0335. The highest BCUT2D eigenvalue weighted by Gasteiger charge is 2.23. The van der Waals surface area contributed by atoms with E-state index in [4.69, 9.17) is 28.5 Å². The van der Waals surface area contributed by atoms with Crippen LogP contribution in [-0.2, 0) is 0 Å². The Morgan fingerprint density at radius 1 is 0.347 bits per heavy atom. The monoisotopic (exact) mass is 1550 g/mol. The zero-order chi connectivity index (χ0) is 84.7. The van der Waals surface area contributed by atoms with Gasteiger partial charge in [-0.15, -0.1) is 12.8 Å². The van der Waals surface area contributed by atoms with Crippen LogP contribution in [0.15, 0.2) is 73.6 Å². The molecule has 6 aromatic rings. The third-order valence-electron chi connectivity index (χ3n) is 14.4. The number of fused-ring (bicyclic) bond motifs is 2. The van der Waals surface area contributed by atoms with Gasteiger partial charge < -0.3 is 37.6 Å². The number of nitrogen functional groups attached to an aromatic ring is 1. The van der Waals surface area contributed by atoms with Crippen LogP contribution in [0.2, 0.25) is 0 Å². The molecule has 0 unspecified atom stereocenters. The Hall–Kier alpha value is -20.4. The van der Waals surface area contributed by atoms with Gasteiger partial charge in [-0.05, 0) is 194 Å². The molecule has 2 aliphatic rings. The van der Waals surface area contributed by atoms with Crippen LogP contribution in [-0.4, -0.2) is 84.1 Å². The molecule has 2 fully saturated rings. The molecule has 0 saturated heterocycles. The molecule has 6 aromatic heterocycles. The van der Waals surface area contributed by atoms with Crippen LogP contribution >= 0.6 is 0 Å². The van der Waals surface area contributed by atoms with Crippen molar-refractivity contribution in [2.45, 2.75) is 70.9 Å². The molecule has 0 amide bonds. The predicted octanol–water partition coefficient (Wildman–Crippen LogP) is 7.57. The Morgan fingerprint density at radius 2 is 0.579 bits per heavy atom. The Morgan fingerprint density at radius 3 is 0.802 bits per heavy atom. The number of nitrogens with zero attached hydrogens (tertiary/aromatic N) is 9. The molecule has 18 heteroatoms. The van der Waals surface area contributed by atoms with Crippen molar-refractivity contribution in [3.8, 4) is 368 Å². The summed E-state index contributed by atoms with van der Waals surface area (Å²) in [4.78, 5) is 44.7. The zero-order valence-electron chi connectivity index (χ0n) is 63.9. The zero-order valence-corrected chi connectivity index (χ0v) is 63.9. The maximum Gasteiger partial charge on any atom is 0.305 e. The van der Waals surface area contributed by atoms with Gasteiger partial charge in [0.2, 0.25) is 11.9 Å². The van der Waals surface area contributed by atoms with E-state index in [1.165, 1.54) is 12.4 Å². The van der Waals surface area contributed by atoms with Crippen LogP contribution in [0.1, 0.15) is 58.8 Å². The van der Waals surface area contributed by atoms with Gasteiger partial charge in [0.25, 0.3) is 0 Å². The summed E-state index contributed by atoms with van der Waals surface area (Å²) in [5.41, 5.74) is 7.86. The smallest absolute Gasteiger partial charge is 0.305 e. The summed E-state index contributed by atoms with van der Waals surface area (Å²) in [6, 6.07) is 13.0. The second-order valence-electron chi connectivity index (χ2n) is 22.2. The maximum atomic E-state index is 10.7. The van der Waals surface area contributed by atoms with Crippen LogP contribution in [0.4, 0.5) is 46.5 Å². The minimum Gasteiger partial charge on any atom is -0.396 e. The molecule has 2 aliphatic carbocycles. The van der Waals surface area contributed by atoms with E-state index >= 15 is 0 Å². The number of nitro groups is 1. The first kappa shape index (κ1) is 91.3. The van der Waals surface area contributed by atoms with Gasteiger partial charge in [-0.25, -0.2) is 39.9 Å². The van der Waals surface area contributed by atoms with E-state index in [9.17, 15) is 10.1 Å². The Labute approximate surface area is 708 Å². The average molecular weight is 1550 g/mol. The lowest BCUT2D eigenvalue weighted by molar-refractivity contribution is -0.385. The van der Waals surface area contributed by atoms with Crippen molar-refractivity contribution in [2.24, 2.45) is 11.8 Å². The summed E-state index contributed by atoms with van der Waals surface area (Å²) in [5.74, 6) is 154. The molecular formula is C103H56N16O2. The molecule has 8 rings (SSSR count). The van der Waals surface area contributed by atoms with E-state index in [-0.39, 0.29) is 13.1 Å². The molecule has 0 radical (unpaired) electrons. The summed E-state index contributed by atoms with van der Waals surface area (Å²) >= 11 is 0. The van der Waals surface area contributed by atoms with Crippen LogP contribution in [0.5, 0.6) is 0 Å². The number of anilines is 7. The fourth-order valence-corrected chi connectivity index (χ4v) is 9.29. The van der Waals surface area contributed by atoms with Crippen molar-refractivity contribution in [3.05, 3.63) is 83.7 Å². The van der Waals surface area contributed by atoms with Gasteiger partial charge in [0.05, 0.1) is 23.0 Å². The first-order valence-corrected chi connectivity index (χ1v) is 35.1.